The van der Waals surface area contributed by atoms with Crippen molar-refractivity contribution in [2.45, 2.75) is 66.1 Å². The molecule has 7 N–H and O–H groups in total. The van der Waals surface area contributed by atoms with Crippen LogP contribution in [0.25, 0.3) is 0 Å². The van der Waals surface area contributed by atoms with Crippen LogP contribution in [0.15, 0.2) is 41.5 Å². The van der Waals surface area contributed by atoms with Gasteiger partial charge in [0, 0.05) is 35.6 Å². The Morgan fingerprint density at radius 1 is 1.21 bits per heavy atom. The molecule has 216 valence electrons. The number of carbonyl (C=O) groups is 2. The summed E-state index contributed by atoms with van der Waals surface area (Å²) in [5, 5.41) is 38.0. The molecule has 0 spiro atoms. The van der Waals surface area contributed by atoms with Crippen LogP contribution in [0.5, 0.6) is 11.5 Å². The smallest absolute Gasteiger partial charge is 0.405 e. The van der Waals surface area contributed by atoms with Gasteiger partial charge in [0.15, 0.2) is 0 Å². The first-order valence-corrected chi connectivity index (χ1v) is 13.2. The lowest BCUT2D eigenvalue weighted by atomic mass is 9.89. The summed E-state index contributed by atoms with van der Waals surface area (Å²) in [6, 6.07) is 1.22. The van der Waals surface area contributed by atoms with Gasteiger partial charge in [0.05, 0.1) is 17.5 Å². The number of allylic oxidation sites excluding steroid dienone is 2. The number of rotatable bonds is 4. The topological polar surface area (TPSA) is 154 Å². The Labute approximate surface area is 229 Å². The molecule has 2 amide bonds. The number of fused-ring (bicyclic) bond motifs is 2. The van der Waals surface area contributed by atoms with Crippen molar-refractivity contribution < 1.29 is 34.0 Å². The maximum absolute atomic E-state index is 12.9. The summed E-state index contributed by atoms with van der Waals surface area (Å²) in [4.78, 5) is 24.4. The van der Waals surface area contributed by atoms with E-state index in [0.29, 0.717) is 30.4 Å². The number of aliphatic hydroxyl groups is 1. The van der Waals surface area contributed by atoms with Crippen molar-refractivity contribution in [1.29, 1.82) is 0 Å². The molecule has 0 aliphatic carbocycles. The molecule has 5 unspecified atom stereocenters. The van der Waals surface area contributed by atoms with Crippen LogP contribution in [-0.4, -0.2) is 52.7 Å². The van der Waals surface area contributed by atoms with Crippen molar-refractivity contribution in [1.82, 2.24) is 0 Å². The van der Waals surface area contributed by atoms with Gasteiger partial charge < -0.3 is 36.4 Å². The number of phenols is 2. The summed E-state index contributed by atoms with van der Waals surface area (Å²) in [5.74, 6) is -1.53. The van der Waals surface area contributed by atoms with Crippen LogP contribution in [-0.2, 0) is 16.0 Å². The highest BCUT2D eigenvalue weighted by molar-refractivity contribution is 6.04. The van der Waals surface area contributed by atoms with E-state index in [-0.39, 0.29) is 47.2 Å². The van der Waals surface area contributed by atoms with Crippen molar-refractivity contribution in [3.63, 3.8) is 0 Å². The lowest BCUT2D eigenvalue weighted by Crippen LogP contribution is -2.29. The van der Waals surface area contributed by atoms with E-state index in [1.54, 1.807) is 25.2 Å². The number of aromatic hydroxyl groups is 2. The van der Waals surface area contributed by atoms with Crippen LogP contribution < -0.4 is 16.4 Å². The molecule has 0 aromatic heterocycles. The minimum atomic E-state index is -0.912. The fourth-order valence-corrected chi connectivity index (χ4v) is 4.68. The van der Waals surface area contributed by atoms with Gasteiger partial charge in [-0.2, -0.15) is 0 Å². The van der Waals surface area contributed by atoms with Crippen LogP contribution in [0.1, 0.15) is 53.0 Å². The number of aliphatic hydroxyl groups excluding tert-OH is 1. The molecule has 0 saturated carbocycles. The van der Waals surface area contributed by atoms with E-state index in [9.17, 15) is 29.3 Å². The minimum absolute atomic E-state index is 0.0249. The number of hydrogen-bond acceptors (Lipinski definition) is 7. The van der Waals surface area contributed by atoms with Crippen molar-refractivity contribution in [2.75, 3.05) is 23.9 Å². The first-order chi connectivity index (χ1) is 18.3. The van der Waals surface area contributed by atoms with Gasteiger partial charge >= 0.3 is 6.09 Å². The average molecular weight is 548 g/mol. The van der Waals surface area contributed by atoms with Gasteiger partial charge in [-0.3, -0.25) is 4.79 Å². The zero-order chi connectivity index (χ0) is 29.3. The molecular weight excluding hydrogens is 505 g/mol. The first kappa shape index (κ1) is 31.7. The Hall–Kier alpha value is -3.53. The molecule has 10 heteroatoms. The monoisotopic (exact) mass is 547 g/mol. The lowest BCUT2D eigenvalue weighted by Gasteiger charge is -2.25. The third-order valence-corrected chi connectivity index (χ3v) is 6.95. The first-order valence-electron chi connectivity index (χ1n) is 13.2. The molecule has 2 rings (SSSR count). The van der Waals surface area contributed by atoms with Gasteiger partial charge in [-0.1, -0.05) is 45.1 Å². The second-order valence-corrected chi connectivity index (χ2v) is 10.4. The SMILES string of the molecule is CC1=CC=CC(C)C(OC(N)=O)C(C)=CC(C)C(O)CCC(C)Cc2c(O)c(cc(O)c2NCCF)NC1=O. The molecule has 0 saturated heterocycles. The van der Waals surface area contributed by atoms with E-state index < -0.39 is 30.9 Å². The van der Waals surface area contributed by atoms with Crippen molar-refractivity contribution in [3.05, 3.63) is 47.1 Å². The molecule has 1 heterocycles. The third-order valence-electron chi connectivity index (χ3n) is 6.95. The van der Waals surface area contributed by atoms with E-state index in [1.165, 1.54) is 6.07 Å². The van der Waals surface area contributed by atoms with Crippen molar-refractivity contribution >= 4 is 23.4 Å². The minimum Gasteiger partial charge on any atom is -0.506 e. The van der Waals surface area contributed by atoms with Crippen LogP contribution in [0.4, 0.5) is 20.6 Å². The number of nitrogens with two attached hydrogens (primary N) is 1. The predicted octanol–water partition coefficient (Wildman–Crippen LogP) is 4.94. The number of phenolic OH excluding ortho intramolecular Hbond substituents is 2. The van der Waals surface area contributed by atoms with Crippen molar-refractivity contribution in [3.8, 4) is 11.5 Å². The number of benzene rings is 1. The third kappa shape index (κ3) is 9.02. The van der Waals surface area contributed by atoms with Crippen LogP contribution in [0.2, 0.25) is 0 Å². The highest BCUT2D eigenvalue weighted by Gasteiger charge is 2.24. The molecule has 0 radical (unpaired) electrons. The number of carbonyl (C=O) groups excluding carboxylic acids is 2. The summed E-state index contributed by atoms with van der Waals surface area (Å²) in [6.45, 7) is 8.33. The Kier molecular flexibility index (Phi) is 11.8. The van der Waals surface area contributed by atoms with Gasteiger partial charge in [0.1, 0.15) is 24.3 Å². The number of amides is 2. The standard InChI is InChI=1S/C29H42FN3O6/c1-16-9-10-23(34)19(4)14-20(5)27(39-29(31)38)17(2)7-6-8-18(3)28(37)33-22-15-24(35)25(32-12-11-30)21(13-16)26(22)36/h6-8,14-17,19,23,27,32,34-36H,9-13H2,1-5H3,(H2,31,38)(H,33,37). The number of anilines is 2. The van der Waals surface area contributed by atoms with Gasteiger partial charge in [-0.25, -0.2) is 9.18 Å². The molecule has 0 fully saturated rings. The largest absolute Gasteiger partial charge is 0.506 e. The molecule has 1 aromatic carbocycles. The molecule has 2 bridgehead atoms. The summed E-state index contributed by atoms with van der Waals surface area (Å²) in [6.07, 6.45) is 5.94. The van der Waals surface area contributed by atoms with Gasteiger partial charge in [0.2, 0.25) is 0 Å². The summed E-state index contributed by atoms with van der Waals surface area (Å²) >= 11 is 0. The Balaban J connectivity index is 2.54. The molecule has 5 atom stereocenters. The molecule has 1 aromatic rings. The van der Waals surface area contributed by atoms with Crippen LogP contribution in [0, 0.1) is 17.8 Å². The number of alkyl halides is 1. The number of primary amides is 1. The number of ether oxygens (including phenoxy) is 1. The fraction of sp³-hybridized carbons (Fsp3) is 0.517. The summed E-state index contributed by atoms with van der Waals surface area (Å²) in [5.41, 5.74) is 6.95. The zero-order valence-corrected chi connectivity index (χ0v) is 23.3. The zero-order valence-electron chi connectivity index (χ0n) is 23.3. The van der Waals surface area contributed by atoms with Gasteiger partial charge in [0.25, 0.3) is 5.91 Å². The van der Waals surface area contributed by atoms with E-state index >= 15 is 0 Å². The Bertz CT molecular complexity index is 1120. The highest BCUT2D eigenvalue weighted by Crippen LogP contribution is 2.42. The molecular formula is C29H42FN3O6. The molecule has 1 aliphatic heterocycles. The second kappa shape index (κ2) is 14.6. The maximum atomic E-state index is 12.9. The summed E-state index contributed by atoms with van der Waals surface area (Å²) in [7, 11) is 0. The second-order valence-electron chi connectivity index (χ2n) is 10.4. The summed E-state index contributed by atoms with van der Waals surface area (Å²) < 4.78 is 18.3. The normalized spacial score (nSPS) is 25.3. The number of nitrogens with one attached hydrogen (secondary N) is 2. The highest BCUT2D eigenvalue weighted by atomic mass is 19.1. The van der Waals surface area contributed by atoms with Crippen molar-refractivity contribution in [2.24, 2.45) is 23.5 Å². The van der Waals surface area contributed by atoms with E-state index in [1.807, 2.05) is 33.8 Å². The quantitative estimate of drug-likeness (QED) is 0.177. The van der Waals surface area contributed by atoms with Crippen LogP contribution >= 0.6 is 0 Å². The van der Waals surface area contributed by atoms with Gasteiger partial charge in [-0.05, 0) is 44.6 Å². The average Bonchev–Trinajstić information content (AvgIpc) is 2.87. The predicted molar refractivity (Wildman–Crippen MR) is 150 cm³/mol. The van der Waals surface area contributed by atoms with E-state index in [2.05, 4.69) is 10.6 Å². The Morgan fingerprint density at radius 2 is 1.90 bits per heavy atom. The van der Waals surface area contributed by atoms with Gasteiger partial charge in [-0.15, -0.1) is 0 Å². The number of hydrogen-bond donors (Lipinski definition) is 6. The lowest BCUT2D eigenvalue weighted by molar-refractivity contribution is -0.112. The fourth-order valence-electron chi connectivity index (χ4n) is 4.68. The number of halogens is 1. The molecule has 9 nitrogen and oxygen atoms in total. The van der Waals surface area contributed by atoms with E-state index in [0.717, 1.165) is 5.57 Å². The molecule has 39 heavy (non-hydrogen) atoms. The molecule has 1 aliphatic rings. The Morgan fingerprint density at radius 3 is 2.54 bits per heavy atom. The van der Waals surface area contributed by atoms with E-state index in [4.69, 9.17) is 10.5 Å². The van der Waals surface area contributed by atoms with Crippen LogP contribution in [0.3, 0.4) is 0 Å². The maximum Gasteiger partial charge on any atom is 0.405 e.